The number of amides is 3. The van der Waals surface area contributed by atoms with Gasteiger partial charge >= 0.3 is 6.03 Å². The van der Waals surface area contributed by atoms with Crippen molar-refractivity contribution in [3.63, 3.8) is 0 Å². The molecule has 0 saturated heterocycles. The molecule has 1 atom stereocenters. The third kappa shape index (κ3) is 6.25. The molecule has 0 radical (unpaired) electrons. The van der Waals surface area contributed by atoms with E-state index in [0.29, 0.717) is 19.7 Å². The first-order valence-electron chi connectivity index (χ1n) is 9.21. The molecule has 0 aliphatic carbocycles. The maximum absolute atomic E-state index is 12.8. The number of benzene rings is 2. The number of carbonyl (C=O) groups is 2. The predicted molar refractivity (Wildman–Crippen MR) is 110 cm³/mol. The van der Waals surface area contributed by atoms with E-state index >= 15 is 0 Å². The molecule has 2 aromatic rings. The molecular weight excluding hydrogens is 354 g/mol. The Bertz CT molecular complexity index is 775. The fraction of sp³-hybridized carbons (Fsp3) is 0.273. The lowest BCUT2D eigenvalue weighted by molar-refractivity contribution is -0.125. The minimum Gasteiger partial charge on any atom is -0.490 e. The third-order valence-electron chi connectivity index (χ3n) is 4.10. The molecule has 0 aliphatic heterocycles. The van der Waals surface area contributed by atoms with E-state index in [0.717, 1.165) is 16.9 Å². The molecule has 0 unspecified atom stereocenters. The number of hydrogen-bond donors (Lipinski definition) is 2. The first-order chi connectivity index (χ1) is 13.5. The van der Waals surface area contributed by atoms with Gasteiger partial charge in [0.05, 0.1) is 0 Å². The quantitative estimate of drug-likeness (QED) is 0.654. The molecule has 148 valence electrons. The highest BCUT2D eigenvalue weighted by molar-refractivity contribution is 5.97. The van der Waals surface area contributed by atoms with Crippen LogP contribution in [0, 0.1) is 0 Å². The number of urea groups is 1. The summed E-state index contributed by atoms with van der Waals surface area (Å²) in [5.41, 5.74) is 1.85. The van der Waals surface area contributed by atoms with Crippen molar-refractivity contribution in [3.05, 3.63) is 78.4 Å². The first-order valence-corrected chi connectivity index (χ1v) is 9.21. The van der Waals surface area contributed by atoms with Crippen LogP contribution < -0.4 is 15.4 Å². The summed E-state index contributed by atoms with van der Waals surface area (Å²) in [6.07, 6.45) is 1.69. The van der Waals surface area contributed by atoms with Crippen molar-refractivity contribution in [1.82, 2.24) is 15.5 Å². The van der Waals surface area contributed by atoms with Crippen molar-refractivity contribution in [3.8, 4) is 5.75 Å². The first kappa shape index (κ1) is 21.2. The van der Waals surface area contributed by atoms with Gasteiger partial charge in [0.15, 0.2) is 0 Å². The Labute approximate surface area is 166 Å². The van der Waals surface area contributed by atoms with Gasteiger partial charge in [-0.2, -0.15) is 0 Å². The number of rotatable bonds is 9. The molecule has 0 fully saturated rings. The molecule has 0 saturated carbocycles. The number of hydrogen-bond acceptors (Lipinski definition) is 4. The lowest BCUT2D eigenvalue weighted by Gasteiger charge is -2.27. The molecular formula is C22H27N3O3. The van der Waals surface area contributed by atoms with Gasteiger partial charge in [-0.3, -0.25) is 15.0 Å². The lowest BCUT2D eigenvalue weighted by atomic mass is 10.0. The van der Waals surface area contributed by atoms with Crippen LogP contribution in [0.3, 0.4) is 0 Å². The number of carbonyl (C=O) groups excluding carboxylic acids is 2. The normalized spacial score (nSPS) is 11.5. The zero-order valence-corrected chi connectivity index (χ0v) is 16.4. The van der Waals surface area contributed by atoms with Crippen LogP contribution in [-0.2, 0) is 11.3 Å². The standard InChI is InChI=1S/C22H27N3O3/c1-4-15-28-19-13-11-17(12-14-19)16-25(3)20(18-9-7-6-8-10-18)21(26)24-22(27)23-5-2/h4,6-14,20H,1,5,15-16H2,2-3H3,(H2,23,24,26,27)/t20-/m1/s1. The third-order valence-corrected chi connectivity index (χ3v) is 4.10. The van der Waals surface area contributed by atoms with Crippen LogP contribution in [0.4, 0.5) is 4.79 Å². The second-order valence-corrected chi connectivity index (χ2v) is 6.32. The van der Waals surface area contributed by atoms with Crippen LogP contribution in [0.15, 0.2) is 67.3 Å². The average Bonchev–Trinajstić information content (AvgIpc) is 2.68. The Morgan fingerprint density at radius 3 is 2.43 bits per heavy atom. The van der Waals surface area contributed by atoms with E-state index in [4.69, 9.17) is 4.74 Å². The van der Waals surface area contributed by atoms with Crippen LogP contribution in [0.2, 0.25) is 0 Å². The van der Waals surface area contributed by atoms with Gasteiger partial charge < -0.3 is 10.1 Å². The van der Waals surface area contributed by atoms with Crippen LogP contribution in [0.5, 0.6) is 5.75 Å². The van der Waals surface area contributed by atoms with Crippen molar-refractivity contribution >= 4 is 11.9 Å². The van der Waals surface area contributed by atoms with Gasteiger partial charge in [0.1, 0.15) is 18.4 Å². The molecule has 6 heteroatoms. The molecule has 0 aromatic heterocycles. The number of imide groups is 1. The molecule has 2 aromatic carbocycles. The number of likely N-dealkylation sites (N-methyl/N-ethyl adjacent to an activating group) is 1. The van der Waals surface area contributed by atoms with Crippen molar-refractivity contribution in [2.45, 2.75) is 19.5 Å². The van der Waals surface area contributed by atoms with Gasteiger partial charge in [0.2, 0.25) is 5.91 Å². The van der Waals surface area contributed by atoms with Gasteiger partial charge in [-0.1, -0.05) is 55.1 Å². The van der Waals surface area contributed by atoms with E-state index < -0.39 is 12.1 Å². The van der Waals surface area contributed by atoms with Crippen molar-refractivity contribution in [2.24, 2.45) is 0 Å². The second kappa shape index (κ2) is 10.9. The van der Waals surface area contributed by atoms with Gasteiger partial charge in [-0.25, -0.2) is 4.79 Å². The molecule has 0 spiro atoms. The van der Waals surface area contributed by atoms with Crippen molar-refractivity contribution in [1.29, 1.82) is 0 Å². The second-order valence-electron chi connectivity index (χ2n) is 6.32. The maximum Gasteiger partial charge on any atom is 0.321 e. The van der Waals surface area contributed by atoms with E-state index in [2.05, 4.69) is 17.2 Å². The molecule has 2 N–H and O–H groups in total. The van der Waals surface area contributed by atoms with Gasteiger partial charge in [-0.15, -0.1) is 0 Å². The van der Waals surface area contributed by atoms with Gasteiger partial charge in [-0.05, 0) is 37.2 Å². The monoisotopic (exact) mass is 381 g/mol. The summed E-state index contributed by atoms with van der Waals surface area (Å²) < 4.78 is 5.50. The predicted octanol–water partition coefficient (Wildman–Crippen LogP) is 3.27. The topological polar surface area (TPSA) is 70.7 Å². The Balaban J connectivity index is 2.14. The highest BCUT2D eigenvalue weighted by atomic mass is 16.5. The molecule has 0 aliphatic rings. The van der Waals surface area contributed by atoms with Crippen LogP contribution in [-0.4, -0.2) is 37.0 Å². The molecule has 0 heterocycles. The van der Waals surface area contributed by atoms with E-state index in [-0.39, 0.29) is 5.91 Å². The van der Waals surface area contributed by atoms with Gasteiger partial charge in [0, 0.05) is 13.1 Å². The zero-order chi connectivity index (χ0) is 20.4. The van der Waals surface area contributed by atoms with Crippen LogP contribution in [0.1, 0.15) is 24.1 Å². The lowest BCUT2D eigenvalue weighted by Crippen LogP contribution is -2.45. The largest absolute Gasteiger partial charge is 0.490 e. The Kier molecular flexibility index (Phi) is 8.24. The van der Waals surface area contributed by atoms with E-state index in [1.165, 1.54) is 0 Å². The zero-order valence-electron chi connectivity index (χ0n) is 16.4. The van der Waals surface area contributed by atoms with Crippen LogP contribution >= 0.6 is 0 Å². The van der Waals surface area contributed by atoms with E-state index in [1.807, 2.05) is 66.5 Å². The van der Waals surface area contributed by atoms with Crippen LogP contribution in [0.25, 0.3) is 0 Å². The average molecular weight is 381 g/mol. The van der Waals surface area contributed by atoms with E-state index in [1.54, 1.807) is 13.0 Å². The highest BCUT2D eigenvalue weighted by Crippen LogP contribution is 2.22. The number of nitrogens with one attached hydrogen (secondary N) is 2. The van der Waals surface area contributed by atoms with E-state index in [9.17, 15) is 9.59 Å². The number of nitrogens with zero attached hydrogens (tertiary/aromatic N) is 1. The maximum atomic E-state index is 12.8. The summed E-state index contributed by atoms with van der Waals surface area (Å²) in [6, 6.07) is 16.0. The molecule has 3 amide bonds. The fourth-order valence-electron chi connectivity index (χ4n) is 2.85. The molecule has 2 rings (SSSR count). The molecule has 0 bridgehead atoms. The van der Waals surface area contributed by atoms with Crippen molar-refractivity contribution in [2.75, 3.05) is 20.2 Å². The Morgan fingerprint density at radius 1 is 1.14 bits per heavy atom. The SMILES string of the molecule is C=CCOc1ccc(CN(C)[C@@H](C(=O)NC(=O)NCC)c2ccccc2)cc1. The smallest absolute Gasteiger partial charge is 0.321 e. The molecule has 28 heavy (non-hydrogen) atoms. The summed E-state index contributed by atoms with van der Waals surface area (Å²) in [5.74, 6) is 0.394. The number of ether oxygens (including phenoxy) is 1. The Hall–Kier alpha value is -3.12. The summed E-state index contributed by atoms with van der Waals surface area (Å²) in [4.78, 5) is 26.5. The molecule has 6 nitrogen and oxygen atoms in total. The highest BCUT2D eigenvalue weighted by Gasteiger charge is 2.26. The Morgan fingerprint density at radius 2 is 1.82 bits per heavy atom. The summed E-state index contributed by atoms with van der Waals surface area (Å²) in [6.45, 7) is 6.87. The summed E-state index contributed by atoms with van der Waals surface area (Å²) >= 11 is 0. The summed E-state index contributed by atoms with van der Waals surface area (Å²) in [7, 11) is 1.86. The minimum atomic E-state index is -0.597. The minimum absolute atomic E-state index is 0.370. The fourth-order valence-corrected chi connectivity index (χ4v) is 2.85. The van der Waals surface area contributed by atoms with Crippen molar-refractivity contribution < 1.29 is 14.3 Å². The van der Waals surface area contributed by atoms with Gasteiger partial charge in [0.25, 0.3) is 0 Å². The summed E-state index contributed by atoms with van der Waals surface area (Å²) in [5, 5.41) is 5.00.